The van der Waals surface area contributed by atoms with Crippen LogP contribution in [-0.2, 0) is 11.2 Å². The second kappa shape index (κ2) is 9.14. The molecule has 0 saturated carbocycles. The third kappa shape index (κ3) is 4.62. The quantitative estimate of drug-likeness (QED) is 0.835. The van der Waals surface area contributed by atoms with E-state index in [0.29, 0.717) is 36.0 Å². The summed E-state index contributed by atoms with van der Waals surface area (Å²) in [5.41, 5.74) is 6.61. The lowest BCUT2D eigenvalue weighted by Crippen LogP contribution is -2.51. The zero-order valence-corrected chi connectivity index (χ0v) is 15.9. The molecule has 2 unspecified atom stereocenters. The highest BCUT2D eigenvalue weighted by Crippen LogP contribution is 2.20. The number of hydrogen-bond acceptors (Lipinski definition) is 4. The summed E-state index contributed by atoms with van der Waals surface area (Å²) in [6.07, 6.45) is 4.89. The smallest absolute Gasteiger partial charge is 0.258 e. The van der Waals surface area contributed by atoms with Gasteiger partial charge in [0.15, 0.2) is 0 Å². The zero-order chi connectivity index (χ0) is 17.8. The second-order valence-electron chi connectivity index (χ2n) is 6.89. The van der Waals surface area contributed by atoms with Gasteiger partial charge < -0.3 is 15.6 Å². The van der Waals surface area contributed by atoms with Crippen molar-refractivity contribution in [3.05, 3.63) is 40.4 Å². The van der Waals surface area contributed by atoms with Crippen LogP contribution in [-0.4, -0.2) is 39.4 Å². The number of halogens is 1. The van der Waals surface area contributed by atoms with Gasteiger partial charge in [0.25, 0.3) is 5.56 Å². The number of aromatic nitrogens is 2. The summed E-state index contributed by atoms with van der Waals surface area (Å²) in [6, 6.07) is 7.44. The number of rotatable bonds is 5. The van der Waals surface area contributed by atoms with Gasteiger partial charge >= 0.3 is 0 Å². The van der Waals surface area contributed by atoms with Gasteiger partial charge in [0.05, 0.1) is 10.9 Å². The molecule has 1 saturated heterocycles. The minimum atomic E-state index is -0.125. The van der Waals surface area contributed by atoms with Gasteiger partial charge in [-0.15, -0.1) is 12.4 Å². The topological polar surface area (TPSA) is 92.1 Å². The van der Waals surface area contributed by atoms with E-state index in [0.717, 1.165) is 25.8 Å². The predicted octanol–water partition coefficient (Wildman–Crippen LogP) is 2.40. The van der Waals surface area contributed by atoms with Crippen LogP contribution in [0.2, 0.25) is 0 Å². The first-order valence-electron chi connectivity index (χ1n) is 9.09. The third-order valence-electron chi connectivity index (χ3n) is 4.94. The predicted molar refractivity (Wildman–Crippen MR) is 106 cm³/mol. The molecule has 0 aliphatic carbocycles. The van der Waals surface area contributed by atoms with Crippen molar-refractivity contribution < 1.29 is 4.79 Å². The summed E-state index contributed by atoms with van der Waals surface area (Å²) < 4.78 is 0. The minimum absolute atomic E-state index is 0. The molecule has 0 bridgehead atoms. The average Bonchev–Trinajstić information content (AvgIpc) is 2.61. The average molecular weight is 379 g/mol. The number of aryl methyl sites for hydroxylation is 1. The van der Waals surface area contributed by atoms with E-state index in [9.17, 15) is 9.59 Å². The lowest BCUT2D eigenvalue weighted by Gasteiger charge is -2.38. The highest BCUT2D eigenvalue weighted by molar-refractivity contribution is 5.85. The minimum Gasteiger partial charge on any atom is -0.338 e. The molecular formula is C19H27ClN4O2. The largest absolute Gasteiger partial charge is 0.338 e. The zero-order valence-electron chi connectivity index (χ0n) is 15.1. The maximum Gasteiger partial charge on any atom is 0.258 e. The van der Waals surface area contributed by atoms with Crippen LogP contribution in [0, 0.1) is 0 Å². The Kier molecular flexibility index (Phi) is 7.17. The van der Waals surface area contributed by atoms with E-state index in [4.69, 9.17) is 5.73 Å². The number of nitrogens with two attached hydrogens (primary N) is 1. The highest BCUT2D eigenvalue weighted by Gasteiger charge is 2.28. The Labute approximate surface area is 159 Å². The molecule has 1 aromatic heterocycles. The molecule has 7 heteroatoms. The molecule has 2 heterocycles. The number of hydrogen-bond donors (Lipinski definition) is 2. The van der Waals surface area contributed by atoms with Crippen molar-refractivity contribution >= 4 is 29.2 Å². The fraction of sp³-hybridized carbons (Fsp3) is 0.526. The molecule has 2 aromatic rings. The maximum atomic E-state index is 12.6. The molecule has 1 aliphatic heterocycles. The first-order valence-corrected chi connectivity index (χ1v) is 9.09. The lowest BCUT2D eigenvalue weighted by molar-refractivity contribution is -0.135. The standard InChI is InChI=1S/C19H26N4O2.ClH/c1-13(20)16-9-4-5-12-23(16)18(24)11-6-10-17-21-15-8-3-2-7-14(15)19(25)22-17;/h2-3,7-8,13,16H,4-6,9-12,20H2,1H3,(H,21,22,25);1H. The first kappa shape index (κ1) is 20.4. The second-order valence-corrected chi connectivity index (χ2v) is 6.89. The fourth-order valence-electron chi connectivity index (χ4n) is 3.62. The normalized spacial score (nSPS) is 18.4. The molecule has 3 N–H and O–H groups in total. The molecule has 3 rings (SSSR count). The Balaban J connectivity index is 0.00000243. The van der Waals surface area contributed by atoms with E-state index in [2.05, 4.69) is 9.97 Å². The van der Waals surface area contributed by atoms with E-state index >= 15 is 0 Å². The molecule has 1 amide bonds. The van der Waals surface area contributed by atoms with Crippen molar-refractivity contribution in [2.75, 3.05) is 6.54 Å². The summed E-state index contributed by atoms with van der Waals surface area (Å²) in [5.74, 6) is 0.795. The Bertz CT molecular complexity index is 805. The number of benzene rings is 1. The summed E-state index contributed by atoms with van der Waals surface area (Å²) in [6.45, 7) is 2.77. The summed E-state index contributed by atoms with van der Waals surface area (Å²) in [7, 11) is 0. The van der Waals surface area contributed by atoms with Crippen molar-refractivity contribution in [3.63, 3.8) is 0 Å². The number of aromatic amines is 1. The van der Waals surface area contributed by atoms with Gasteiger partial charge in [-0.25, -0.2) is 4.98 Å². The van der Waals surface area contributed by atoms with Crippen LogP contribution in [0.4, 0.5) is 0 Å². The number of likely N-dealkylation sites (tertiary alicyclic amines) is 1. The van der Waals surface area contributed by atoms with E-state index < -0.39 is 0 Å². The molecule has 2 atom stereocenters. The number of para-hydroxylation sites is 1. The number of fused-ring (bicyclic) bond motifs is 1. The first-order chi connectivity index (χ1) is 12.1. The van der Waals surface area contributed by atoms with Crippen molar-refractivity contribution in [2.45, 2.75) is 57.5 Å². The Morgan fingerprint density at radius 1 is 1.38 bits per heavy atom. The number of nitrogens with zero attached hydrogens (tertiary/aromatic N) is 2. The lowest BCUT2D eigenvalue weighted by atomic mass is 9.96. The number of nitrogens with one attached hydrogen (secondary N) is 1. The van der Waals surface area contributed by atoms with Crippen LogP contribution < -0.4 is 11.3 Å². The van der Waals surface area contributed by atoms with Gasteiger partial charge in [-0.05, 0) is 44.7 Å². The van der Waals surface area contributed by atoms with E-state index in [1.54, 1.807) is 6.07 Å². The van der Waals surface area contributed by atoms with Crippen LogP contribution in [0.1, 0.15) is 44.9 Å². The van der Waals surface area contributed by atoms with Crippen LogP contribution in [0.25, 0.3) is 10.9 Å². The van der Waals surface area contributed by atoms with Gasteiger partial charge in [-0.1, -0.05) is 12.1 Å². The Morgan fingerprint density at radius 3 is 2.92 bits per heavy atom. The van der Waals surface area contributed by atoms with Gasteiger partial charge in [0.1, 0.15) is 5.82 Å². The third-order valence-corrected chi connectivity index (χ3v) is 4.94. The molecular weight excluding hydrogens is 352 g/mol. The van der Waals surface area contributed by atoms with Crippen molar-refractivity contribution in [1.29, 1.82) is 0 Å². The highest BCUT2D eigenvalue weighted by atomic mass is 35.5. The molecule has 1 fully saturated rings. The van der Waals surface area contributed by atoms with Crippen molar-refractivity contribution in [3.8, 4) is 0 Å². The van der Waals surface area contributed by atoms with Crippen LogP contribution in [0.15, 0.2) is 29.1 Å². The number of carbonyl (C=O) groups excluding carboxylic acids is 1. The molecule has 6 nitrogen and oxygen atoms in total. The van der Waals surface area contributed by atoms with Crippen LogP contribution in [0.3, 0.4) is 0 Å². The molecule has 1 aromatic carbocycles. The molecule has 26 heavy (non-hydrogen) atoms. The van der Waals surface area contributed by atoms with E-state index in [-0.39, 0.29) is 36.0 Å². The Hall–Kier alpha value is -1.92. The van der Waals surface area contributed by atoms with Gasteiger partial charge in [0.2, 0.25) is 5.91 Å². The van der Waals surface area contributed by atoms with Gasteiger partial charge in [0, 0.05) is 31.5 Å². The fourth-order valence-corrected chi connectivity index (χ4v) is 3.62. The van der Waals surface area contributed by atoms with Crippen molar-refractivity contribution in [1.82, 2.24) is 14.9 Å². The molecule has 0 spiro atoms. The number of carbonyl (C=O) groups is 1. The van der Waals surface area contributed by atoms with Gasteiger partial charge in [-0.3, -0.25) is 9.59 Å². The number of piperidine rings is 1. The maximum absolute atomic E-state index is 12.6. The van der Waals surface area contributed by atoms with E-state index in [1.807, 2.05) is 30.0 Å². The van der Waals surface area contributed by atoms with Crippen LogP contribution >= 0.6 is 12.4 Å². The van der Waals surface area contributed by atoms with Crippen molar-refractivity contribution in [2.24, 2.45) is 5.73 Å². The number of H-pyrrole nitrogens is 1. The summed E-state index contributed by atoms with van der Waals surface area (Å²) in [4.78, 5) is 33.9. The Morgan fingerprint density at radius 2 is 2.15 bits per heavy atom. The summed E-state index contributed by atoms with van der Waals surface area (Å²) >= 11 is 0. The summed E-state index contributed by atoms with van der Waals surface area (Å²) in [5, 5.41) is 0.593. The van der Waals surface area contributed by atoms with E-state index in [1.165, 1.54) is 0 Å². The van der Waals surface area contributed by atoms with Crippen LogP contribution in [0.5, 0.6) is 0 Å². The number of amides is 1. The SMILES string of the molecule is CC(N)C1CCCCN1C(=O)CCCc1nc2ccccc2c(=O)[nH]1.Cl. The molecule has 142 valence electrons. The molecule has 1 aliphatic rings. The molecule has 0 radical (unpaired) electrons. The van der Waals surface area contributed by atoms with Gasteiger partial charge in [-0.2, -0.15) is 0 Å². The monoisotopic (exact) mass is 378 g/mol.